The molecule has 5 rings (SSSR count). The molecule has 0 unspecified atom stereocenters. The van der Waals surface area contributed by atoms with Gasteiger partial charge in [-0.1, -0.05) is 66.1 Å². The monoisotopic (exact) mass is 453 g/mol. The van der Waals surface area contributed by atoms with Crippen LogP contribution < -0.4 is 0 Å². The summed E-state index contributed by atoms with van der Waals surface area (Å²) in [6.45, 7) is 7.20. The predicted octanol–water partition coefficient (Wildman–Crippen LogP) is 4.71. The Balaban J connectivity index is 1.33. The van der Waals surface area contributed by atoms with Crippen molar-refractivity contribution in [3.8, 4) is 22.5 Å². The first-order valence-corrected chi connectivity index (χ1v) is 12.1. The molecule has 34 heavy (non-hydrogen) atoms. The first-order chi connectivity index (χ1) is 16.7. The average molecular weight is 454 g/mol. The zero-order valence-electron chi connectivity index (χ0n) is 20.0. The zero-order chi connectivity index (χ0) is 23.3. The number of hydrogen-bond donors (Lipinski definition) is 1. The van der Waals surface area contributed by atoms with Crippen LogP contribution in [0, 0.1) is 13.8 Å². The molecular weight excluding hydrogens is 422 g/mol. The molecule has 0 aliphatic carbocycles. The molecule has 0 bridgehead atoms. The van der Waals surface area contributed by atoms with Crippen molar-refractivity contribution < 1.29 is 0 Å². The van der Waals surface area contributed by atoms with Crippen molar-refractivity contribution >= 4 is 0 Å². The zero-order valence-corrected chi connectivity index (χ0v) is 20.0. The molecule has 0 atom stereocenters. The molecule has 0 spiro atoms. The molecule has 1 aliphatic rings. The Morgan fingerprint density at radius 3 is 2.06 bits per heavy atom. The second kappa shape index (κ2) is 10.2. The van der Waals surface area contributed by atoms with E-state index in [9.17, 15) is 0 Å². The summed E-state index contributed by atoms with van der Waals surface area (Å²) in [7, 11) is 0. The van der Waals surface area contributed by atoms with Crippen LogP contribution in [0.5, 0.6) is 0 Å². The predicted molar refractivity (Wildman–Crippen MR) is 133 cm³/mol. The van der Waals surface area contributed by atoms with Gasteiger partial charge in [0.05, 0.1) is 22.8 Å². The Morgan fingerprint density at radius 2 is 1.44 bits per heavy atom. The van der Waals surface area contributed by atoms with Crippen LogP contribution in [0.3, 0.4) is 0 Å². The summed E-state index contributed by atoms with van der Waals surface area (Å²) in [4.78, 5) is 12.9. The van der Waals surface area contributed by atoms with E-state index in [1.807, 2.05) is 0 Å². The molecule has 0 radical (unpaired) electrons. The highest BCUT2D eigenvalue weighted by atomic mass is 15.5. The van der Waals surface area contributed by atoms with E-state index in [4.69, 9.17) is 9.97 Å². The second-order valence-electron chi connectivity index (χ2n) is 9.23. The summed E-state index contributed by atoms with van der Waals surface area (Å²) in [5.41, 5.74) is 8.96. The highest BCUT2D eigenvalue weighted by molar-refractivity contribution is 5.78. The molecule has 3 heterocycles. The topological polar surface area (TPSA) is 83.5 Å². The van der Waals surface area contributed by atoms with Crippen molar-refractivity contribution in [2.24, 2.45) is 0 Å². The van der Waals surface area contributed by atoms with E-state index in [0.29, 0.717) is 0 Å². The van der Waals surface area contributed by atoms with Gasteiger partial charge in [0.25, 0.3) is 0 Å². The summed E-state index contributed by atoms with van der Waals surface area (Å²) in [6.07, 6.45) is 5.27. The quantitative estimate of drug-likeness (QED) is 0.389. The lowest BCUT2D eigenvalue weighted by Gasteiger charge is -2.28. The molecule has 1 aliphatic heterocycles. The largest absolute Gasteiger partial charge is 0.297 e. The summed E-state index contributed by atoms with van der Waals surface area (Å²) in [6, 6.07) is 17.2. The van der Waals surface area contributed by atoms with Crippen LogP contribution in [0.15, 0.2) is 48.5 Å². The van der Waals surface area contributed by atoms with Gasteiger partial charge in [-0.15, -0.1) is 5.10 Å². The number of rotatable bonds is 8. The molecule has 7 heteroatoms. The van der Waals surface area contributed by atoms with Gasteiger partial charge in [-0.25, -0.2) is 15.1 Å². The molecular formula is C27H31N7. The fourth-order valence-electron chi connectivity index (χ4n) is 4.49. The number of aromatic amines is 1. The highest BCUT2D eigenvalue weighted by Gasteiger charge is 2.22. The molecule has 174 valence electrons. The van der Waals surface area contributed by atoms with Gasteiger partial charge in [0.15, 0.2) is 0 Å². The van der Waals surface area contributed by atoms with E-state index in [-0.39, 0.29) is 0 Å². The number of unbranched alkanes of at least 4 members (excludes halogenated alkanes) is 2. The number of H-pyrrole nitrogens is 1. The Kier molecular flexibility index (Phi) is 6.72. The molecule has 1 N–H and O–H groups in total. The van der Waals surface area contributed by atoms with E-state index >= 15 is 0 Å². The Hall–Kier alpha value is -3.45. The fraction of sp³-hybridized carbons (Fsp3) is 0.370. The molecule has 0 saturated carbocycles. The highest BCUT2D eigenvalue weighted by Crippen LogP contribution is 2.32. The van der Waals surface area contributed by atoms with E-state index in [1.165, 1.54) is 11.1 Å². The summed E-state index contributed by atoms with van der Waals surface area (Å²) in [5.74, 6) is 0.871. The maximum atomic E-state index is 5.21. The van der Waals surface area contributed by atoms with Crippen molar-refractivity contribution in [3.63, 3.8) is 0 Å². The Morgan fingerprint density at radius 1 is 0.794 bits per heavy atom. The third-order valence-electron chi connectivity index (χ3n) is 6.52. The van der Waals surface area contributed by atoms with Gasteiger partial charge < -0.3 is 0 Å². The standard InChI is InChI=1S/C27H31N7/c1-19-7-11-21(12-8-19)26-27(22-13-9-20(2)10-14-22)29-24-18-34(17-15-23(24)28-26)16-5-3-4-6-25-30-32-33-31-25/h7-14H,3-6,15-18H2,1-2H3,(H,30,31,32,33). The second-order valence-corrected chi connectivity index (χ2v) is 9.23. The number of benzene rings is 2. The van der Waals surface area contributed by atoms with Gasteiger partial charge in [-0.05, 0) is 43.7 Å². The summed E-state index contributed by atoms with van der Waals surface area (Å²) >= 11 is 0. The first kappa shape index (κ1) is 22.3. The van der Waals surface area contributed by atoms with Gasteiger partial charge in [-0.3, -0.25) is 4.90 Å². The minimum Gasteiger partial charge on any atom is -0.297 e. The lowest BCUT2D eigenvalue weighted by Crippen LogP contribution is -2.33. The van der Waals surface area contributed by atoms with E-state index in [0.717, 1.165) is 91.5 Å². The van der Waals surface area contributed by atoms with Crippen LogP contribution in [-0.4, -0.2) is 48.6 Å². The molecule has 2 aromatic carbocycles. The smallest absolute Gasteiger partial charge is 0.148 e. The van der Waals surface area contributed by atoms with Crippen molar-refractivity contribution in [1.29, 1.82) is 0 Å². The Labute approximate surface area is 200 Å². The van der Waals surface area contributed by atoms with Crippen molar-refractivity contribution in [3.05, 3.63) is 76.9 Å². The molecule has 0 fully saturated rings. The SMILES string of the molecule is Cc1ccc(-c2nc3c(nc2-c2ccc(C)cc2)CN(CCCCCc2nnn[nH]2)CC3)cc1. The third kappa shape index (κ3) is 5.20. The van der Waals surface area contributed by atoms with Crippen LogP contribution in [-0.2, 0) is 19.4 Å². The van der Waals surface area contributed by atoms with Gasteiger partial charge in [0.2, 0.25) is 0 Å². The number of aryl methyl sites for hydroxylation is 3. The van der Waals surface area contributed by atoms with Gasteiger partial charge in [-0.2, -0.15) is 0 Å². The number of nitrogens with one attached hydrogen (secondary N) is 1. The van der Waals surface area contributed by atoms with Gasteiger partial charge in [0.1, 0.15) is 5.82 Å². The molecule has 0 saturated heterocycles. The Bertz CT molecular complexity index is 1220. The number of nitrogens with zero attached hydrogens (tertiary/aromatic N) is 6. The maximum Gasteiger partial charge on any atom is 0.148 e. The van der Waals surface area contributed by atoms with E-state index in [1.54, 1.807) is 0 Å². The molecule has 4 aromatic rings. The van der Waals surface area contributed by atoms with E-state index in [2.05, 4.69) is 87.9 Å². The van der Waals surface area contributed by atoms with Gasteiger partial charge >= 0.3 is 0 Å². The minimum absolute atomic E-state index is 0.862. The normalized spacial score (nSPS) is 13.7. The third-order valence-corrected chi connectivity index (χ3v) is 6.52. The van der Waals surface area contributed by atoms with Gasteiger partial charge in [0, 0.05) is 37.1 Å². The lowest BCUT2D eigenvalue weighted by atomic mass is 10.0. The number of aromatic nitrogens is 6. The number of hydrogen-bond acceptors (Lipinski definition) is 6. The van der Waals surface area contributed by atoms with Crippen LogP contribution >= 0.6 is 0 Å². The maximum absolute atomic E-state index is 5.21. The number of fused-ring (bicyclic) bond motifs is 1. The lowest BCUT2D eigenvalue weighted by molar-refractivity contribution is 0.242. The van der Waals surface area contributed by atoms with Crippen molar-refractivity contribution in [2.75, 3.05) is 13.1 Å². The molecule has 7 nitrogen and oxygen atoms in total. The van der Waals surface area contributed by atoms with Crippen LogP contribution in [0.1, 0.15) is 47.6 Å². The van der Waals surface area contributed by atoms with Crippen molar-refractivity contribution in [2.45, 2.75) is 52.5 Å². The molecule has 2 aromatic heterocycles. The first-order valence-electron chi connectivity index (χ1n) is 12.1. The average Bonchev–Trinajstić information content (AvgIpc) is 3.38. The minimum atomic E-state index is 0.862. The summed E-state index contributed by atoms with van der Waals surface area (Å²) in [5, 5.41) is 14.1. The molecule has 0 amide bonds. The fourth-order valence-corrected chi connectivity index (χ4v) is 4.49. The van der Waals surface area contributed by atoms with Crippen LogP contribution in [0.4, 0.5) is 0 Å². The number of tetrazole rings is 1. The van der Waals surface area contributed by atoms with Crippen LogP contribution in [0.25, 0.3) is 22.5 Å². The van der Waals surface area contributed by atoms with Crippen molar-refractivity contribution in [1.82, 2.24) is 35.5 Å². The summed E-state index contributed by atoms with van der Waals surface area (Å²) < 4.78 is 0. The van der Waals surface area contributed by atoms with E-state index < -0.39 is 0 Å². The van der Waals surface area contributed by atoms with Crippen LogP contribution in [0.2, 0.25) is 0 Å².